The van der Waals surface area contributed by atoms with Crippen LogP contribution in [0, 0.1) is 0 Å². The summed E-state index contributed by atoms with van der Waals surface area (Å²) in [5.74, 6) is 0. The summed E-state index contributed by atoms with van der Waals surface area (Å²) >= 11 is 0. The van der Waals surface area contributed by atoms with E-state index in [0.29, 0.717) is 12.1 Å². The third kappa shape index (κ3) is 4.20. The highest BCUT2D eigenvalue weighted by Crippen LogP contribution is 2.13. The van der Waals surface area contributed by atoms with Gasteiger partial charge in [-0.05, 0) is 25.3 Å². The zero-order valence-electron chi connectivity index (χ0n) is 8.15. The van der Waals surface area contributed by atoms with Crippen LogP contribution in [0.1, 0.15) is 19.3 Å². The van der Waals surface area contributed by atoms with Crippen molar-refractivity contribution in [1.29, 1.82) is 0 Å². The molecule has 1 aromatic heterocycles. The number of hydrogen-bond donors (Lipinski definition) is 3. The number of rotatable bonds is 0. The number of aromatic nitrogens is 1. The van der Waals surface area contributed by atoms with Crippen LogP contribution in [0.4, 0.5) is 0 Å². The standard InChI is InChI=1S/C5H12N2.C5H5NO/c6-4-1-2-5(7)3-4;7-5-3-1-2-4-6-5/h4-5H,1-3,6-7H2;1-4H,(H,6,7)/t4-,5+;. The van der Waals surface area contributed by atoms with Crippen LogP contribution in [-0.4, -0.2) is 17.1 Å². The summed E-state index contributed by atoms with van der Waals surface area (Å²) in [5.41, 5.74) is 11.0. The van der Waals surface area contributed by atoms with Gasteiger partial charge in [-0.15, -0.1) is 0 Å². The summed E-state index contributed by atoms with van der Waals surface area (Å²) in [6, 6.07) is 5.73. The first-order valence-electron chi connectivity index (χ1n) is 4.83. The van der Waals surface area contributed by atoms with Gasteiger partial charge >= 0.3 is 0 Å². The van der Waals surface area contributed by atoms with Crippen LogP contribution < -0.4 is 17.0 Å². The minimum atomic E-state index is -0.0532. The average Bonchev–Trinajstić information content (AvgIpc) is 2.52. The summed E-state index contributed by atoms with van der Waals surface area (Å²) in [4.78, 5) is 12.7. The van der Waals surface area contributed by atoms with Gasteiger partial charge in [0.05, 0.1) is 0 Å². The van der Waals surface area contributed by atoms with Gasteiger partial charge < -0.3 is 16.5 Å². The molecule has 1 heterocycles. The largest absolute Gasteiger partial charge is 0.329 e. The highest BCUT2D eigenvalue weighted by Gasteiger charge is 2.16. The summed E-state index contributed by atoms with van der Waals surface area (Å²) in [5, 5.41) is 0. The van der Waals surface area contributed by atoms with Crippen molar-refractivity contribution in [3.63, 3.8) is 0 Å². The first-order valence-corrected chi connectivity index (χ1v) is 4.83. The predicted octanol–water partition coefficient (Wildman–Crippen LogP) is 0.200. The molecule has 2 rings (SSSR count). The predicted molar refractivity (Wildman–Crippen MR) is 56.9 cm³/mol. The van der Waals surface area contributed by atoms with Crippen LogP contribution in [0.15, 0.2) is 29.2 Å². The van der Waals surface area contributed by atoms with E-state index in [1.54, 1.807) is 18.3 Å². The first kappa shape index (κ1) is 10.9. The Morgan fingerprint density at radius 3 is 2.07 bits per heavy atom. The molecule has 4 heteroatoms. The Hall–Kier alpha value is -1.13. The molecule has 0 unspecified atom stereocenters. The summed E-state index contributed by atoms with van der Waals surface area (Å²) in [6.07, 6.45) is 4.88. The Labute approximate surface area is 83.3 Å². The number of hydrogen-bond acceptors (Lipinski definition) is 3. The molecule has 0 amide bonds. The quantitative estimate of drug-likeness (QED) is 0.553. The number of nitrogens with one attached hydrogen (secondary N) is 1. The van der Waals surface area contributed by atoms with Crippen LogP contribution in [0.25, 0.3) is 0 Å². The van der Waals surface area contributed by atoms with Crippen LogP contribution >= 0.6 is 0 Å². The normalized spacial score (nSPS) is 25.3. The van der Waals surface area contributed by atoms with E-state index in [2.05, 4.69) is 4.98 Å². The Morgan fingerprint density at radius 1 is 1.21 bits per heavy atom. The molecule has 1 aliphatic carbocycles. The highest BCUT2D eigenvalue weighted by molar-refractivity contribution is 4.89. The van der Waals surface area contributed by atoms with Crippen molar-refractivity contribution in [3.8, 4) is 0 Å². The fourth-order valence-corrected chi connectivity index (χ4v) is 1.43. The number of nitrogens with two attached hydrogens (primary N) is 2. The van der Waals surface area contributed by atoms with E-state index in [1.165, 1.54) is 6.07 Å². The second-order valence-electron chi connectivity index (χ2n) is 3.56. The summed E-state index contributed by atoms with van der Waals surface area (Å²) < 4.78 is 0. The fraction of sp³-hybridized carbons (Fsp3) is 0.500. The molecule has 1 saturated carbocycles. The Kier molecular flexibility index (Phi) is 4.35. The zero-order valence-corrected chi connectivity index (χ0v) is 8.15. The highest BCUT2D eigenvalue weighted by atomic mass is 16.1. The molecule has 0 spiro atoms. The minimum Gasteiger partial charge on any atom is -0.329 e. The molecule has 0 radical (unpaired) electrons. The van der Waals surface area contributed by atoms with Crippen molar-refractivity contribution >= 4 is 0 Å². The van der Waals surface area contributed by atoms with E-state index in [0.717, 1.165) is 19.3 Å². The van der Waals surface area contributed by atoms with E-state index in [1.807, 2.05) is 0 Å². The Bertz CT molecular complexity index is 285. The van der Waals surface area contributed by atoms with Gasteiger partial charge in [-0.1, -0.05) is 6.07 Å². The minimum absolute atomic E-state index is 0.0532. The molecule has 1 aliphatic rings. The van der Waals surface area contributed by atoms with Gasteiger partial charge in [-0.2, -0.15) is 0 Å². The van der Waals surface area contributed by atoms with Crippen LogP contribution in [0.2, 0.25) is 0 Å². The smallest absolute Gasteiger partial charge is 0.247 e. The van der Waals surface area contributed by atoms with Crippen molar-refractivity contribution in [3.05, 3.63) is 34.7 Å². The molecule has 0 aliphatic heterocycles. The Balaban J connectivity index is 0.000000140. The van der Waals surface area contributed by atoms with Crippen molar-refractivity contribution in [1.82, 2.24) is 4.98 Å². The molecule has 5 N–H and O–H groups in total. The molecule has 0 bridgehead atoms. The van der Waals surface area contributed by atoms with E-state index in [4.69, 9.17) is 11.5 Å². The SMILES string of the molecule is N[C@@H]1CC[C@H](N)C1.O=c1cccc[nH]1. The van der Waals surface area contributed by atoms with E-state index in [-0.39, 0.29) is 5.56 Å². The van der Waals surface area contributed by atoms with Crippen molar-refractivity contribution in [2.45, 2.75) is 31.3 Å². The summed E-state index contributed by atoms with van der Waals surface area (Å²) in [6.45, 7) is 0. The van der Waals surface area contributed by atoms with Crippen molar-refractivity contribution < 1.29 is 0 Å². The molecular formula is C10H17N3O. The fourth-order valence-electron chi connectivity index (χ4n) is 1.43. The summed E-state index contributed by atoms with van der Waals surface area (Å²) in [7, 11) is 0. The topological polar surface area (TPSA) is 84.9 Å². The lowest BCUT2D eigenvalue weighted by molar-refractivity contribution is 0.666. The van der Waals surface area contributed by atoms with Crippen LogP contribution in [-0.2, 0) is 0 Å². The number of pyridine rings is 1. The van der Waals surface area contributed by atoms with Gasteiger partial charge in [0.1, 0.15) is 0 Å². The second-order valence-corrected chi connectivity index (χ2v) is 3.56. The molecule has 0 saturated heterocycles. The van der Waals surface area contributed by atoms with E-state index in [9.17, 15) is 4.79 Å². The molecule has 1 aromatic rings. The molecule has 78 valence electrons. The number of H-pyrrole nitrogens is 1. The van der Waals surface area contributed by atoms with E-state index >= 15 is 0 Å². The molecule has 4 nitrogen and oxygen atoms in total. The lowest BCUT2D eigenvalue weighted by Gasteiger charge is -1.97. The van der Waals surface area contributed by atoms with Crippen molar-refractivity contribution in [2.75, 3.05) is 0 Å². The zero-order chi connectivity index (χ0) is 10.4. The van der Waals surface area contributed by atoms with Crippen molar-refractivity contribution in [2.24, 2.45) is 11.5 Å². The van der Waals surface area contributed by atoms with Gasteiger partial charge in [0.15, 0.2) is 0 Å². The monoisotopic (exact) mass is 195 g/mol. The molecule has 2 atom stereocenters. The van der Waals surface area contributed by atoms with Gasteiger partial charge in [0.25, 0.3) is 0 Å². The van der Waals surface area contributed by atoms with Crippen LogP contribution in [0.3, 0.4) is 0 Å². The lowest BCUT2D eigenvalue weighted by atomic mass is 10.2. The molecule has 1 fully saturated rings. The van der Waals surface area contributed by atoms with Crippen LogP contribution in [0.5, 0.6) is 0 Å². The van der Waals surface area contributed by atoms with Gasteiger partial charge in [-0.25, -0.2) is 0 Å². The third-order valence-corrected chi connectivity index (χ3v) is 2.19. The lowest BCUT2D eigenvalue weighted by Crippen LogP contribution is -2.20. The maximum absolute atomic E-state index is 10.2. The molecule has 0 aromatic carbocycles. The maximum Gasteiger partial charge on any atom is 0.247 e. The van der Waals surface area contributed by atoms with Gasteiger partial charge in [0.2, 0.25) is 5.56 Å². The number of aromatic amines is 1. The maximum atomic E-state index is 10.2. The first-order chi connectivity index (χ1) is 6.68. The third-order valence-electron chi connectivity index (χ3n) is 2.19. The van der Waals surface area contributed by atoms with Gasteiger partial charge in [0, 0.05) is 24.3 Å². The van der Waals surface area contributed by atoms with Gasteiger partial charge in [-0.3, -0.25) is 4.79 Å². The van der Waals surface area contributed by atoms with E-state index < -0.39 is 0 Å². The second kappa shape index (κ2) is 5.57. The molecular weight excluding hydrogens is 178 g/mol. The average molecular weight is 195 g/mol. The molecule has 14 heavy (non-hydrogen) atoms. The Morgan fingerprint density at radius 2 is 1.86 bits per heavy atom.